The molecular formula is C19H21N3O5. The van der Waals surface area contributed by atoms with Crippen molar-refractivity contribution in [2.75, 3.05) is 28.4 Å². The zero-order chi connectivity index (χ0) is 20.0. The minimum atomic E-state index is -0.542. The van der Waals surface area contributed by atoms with E-state index in [2.05, 4.69) is 15.8 Å². The molecule has 142 valence electrons. The van der Waals surface area contributed by atoms with Crippen molar-refractivity contribution in [1.29, 1.82) is 5.26 Å². The van der Waals surface area contributed by atoms with E-state index in [0.717, 1.165) is 0 Å². The van der Waals surface area contributed by atoms with Crippen LogP contribution in [0.1, 0.15) is 17.0 Å². The molecule has 0 fully saturated rings. The molecule has 1 aromatic heterocycles. The van der Waals surface area contributed by atoms with E-state index in [4.69, 9.17) is 19.9 Å². The molecule has 0 radical (unpaired) electrons. The Morgan fingerprint density at radius 1 is 1.19 bits per heavy atom. The maximum atomic E-state index is 11.5. The van der Waals surface area contributed by atoms with Crippen molar-refractivity contribution in [2.24, 2.45) is 5.73 Å². The SMILES string of the molecule is COC(=O)/C=C/c1c(C#N)[nH]c(CN)c1-c1ccc(OC)c(OC)c1OC. The number of hydrogen-bond donors (Lipinski definition) is 2. The van der Waals surface area contributed by atoms with Gasteiger partial charge in [0, 0.05) is 35.0 Å². The smallest absolute Gasteiger partial charge is 0.330 e. The topological polar surface area (TPSA) is 120 Å². The lowest BCUT2D eigenvalue weighted by atomic mass is 9.97. The summed E-state index contributed by atoms with van der Waals surface area (Å²) in [5, 5.41) is 9.48. The number of aromatic nitrogens is 1. The number of hydrogen-bond acceptors (Lipinski definition) is 7. The second-order valence-electron chi connectivity index (χ2n) is 5.32. The molecular weight excluding hydrogens is 350 g/mol. The molecule has 0 spiro atoms. The number of nitrogens with two attached hydrogens (primary N) is 1. The van der Waals surface area contributed by atoms with Crippen LogP contribution < -0.4 is 19.9 Å². The molecule has 0 bridgehead atoms. The molecule has 0 unspecified atom stereocenters. The molecule has 0 saturated carbocycles. The van der Waals surface area contributed by atoms with E-state index in [-0.39, 0.29) is 12.2 Å². The van der Waals surface area contributed by atoms with Crippen LogP contribution in [0.3, 0.4) is 0 Å². The van der Waals surface area contributed by atoms with E-state index in [1.807, 2.05) is 0 Å². The van der Waals surface area contributed by atoms with Crippen LogP contribution in [0.25, 0.3) is 17.2 Å². The van der Waals surface area contributed by atoms with Crippen molar-refractivity contribution in [3.05, 3.63) is 35.2 Å². The van der Waals surface area contributed by atoms with Crippen LogP contribution in [-0.2, 0) is 16.1 Å². The summed E-state index contributed by atoms with van der Waals surface area (Å²) < 4.78 is 20.9. The Labute approximate surface area is 157 Å². The van der Waals surface area contributed by atoms with E-state index in [1.54, 1.807) is 12.1 Å². The Morgan fingerprint density at radius 2 is 1.89 bits per heavy atom. The maximum absolute atomic E-state index is 11.5. The fourth-order valence-corrected chi connectivity index (χ4v) is 2.80. The highest BCUT2D eigenvalue weighted by atomic mass is 16.5. The lowest BCUT2D eigenvalue weighted by Gasteiger charge is -2.16. The molecule has 0 aliphatic rings. The van der Waals surface area contributed by atoms with E-state index in [0.29, 0.717) is 39.6 Å². The van der Waals surface area contributed by atoms with Crippen LogP contribution in [0.15, 0.2) is 18.2 Å². The van der Waals surface area contributed by atoms with Crippen LogP contribution in [0.5, 0.6) is 17.2 Å². The zero-order valence-corrected chi connectivity index (χ0v) is 15.6. The summed E-state index contributed by atoms with van der Waals surface area (Å²) in [4.78, 5) is 14.5. The van der Waals surface area contributed by atoms with Crippen molar-refractivity contribution in [1.82, 2.24) is 4.98 Å². The molecule has 0 aliphatic carbocycles. The first-order chi connectivity index (χ1) is 13.1. The van der Waals surface area contributed by atoms with E-state index < -0.39 is 5.97 Å². The number of carbonyl (C=O) groups is 1. The highest BCUT2D eigenvalue weighted by molar-refractivity contribution is 5.92. The number of aromatic amines is 1. The highest BCUT2D eigenvalue weighted by Gasteiger charge is 2.23. The molecule has 3 N–H and O–H groups in total. The standard InChI is InChI=1S/C19H21N3O5/c1-24-15-7-5-12(18(26-3)19(15)27-4)17-11(6-8-16(23)25-2)13(9-20)22-14(17)10-21/h5-8,22H,10,21H2,1-4H3/b8-6+. The first-order valence-corrected chi connectivity index (χ1v) is 7.96. The summed E-state index contributed by atoms with van der Waals surface area (Å²) in [7, 11) is 5.81. The number of nitrogens with zero attached hydrogens (tertiary/aromatic N) is 1. The summed E-state index contributed by atoms with van der Waals surface area (Å²) in [6.07, 6.45) is 2.74. The number of rotatable bonds is 7. The van der Waals surface area contributed by atoms with Crippen LogP contribution in [0.4, 0.5) is 0 Å². The van der Waals surface area contributed by atoms with Crippen LogP contribution >= 0.6 is 0 Å². The Kier molecular flexibility index (Phi) is 6.46. The second kappa shape index (κ2) is 8.78. The molecule has 27 heavy (non-hydrogen) atoms. The Hall–Kier alpha value is -3.44. The normalized spacial score (nSPS) is 10.5. The van der Waals surface area contributed by atoms with Gasteiger partial charge in [-0.15, -0.1) is 0 Å². The summed E-state index contributed by atoms with van der Waals surface area (Å²) >= 11 is 0. The Balaban J connectivity index is 2.82. The molecule has 0 saturated heterocycles. The molecule has 0 atom stereocenters. The Morgan fingerprint density at radius 3 is 2.41 bits per heavy atom. The fourth-order valence-electron chi connectivity index (χ4n) is 2.80. The molecule has 0 aliphatic heterocycles. The minimum Gasteiger partial charge on any atom is -0.493 e. The minimum absolute atomic E-state index is 0.146. The predicted molar refractivity (Wildman–Crippen MR) is 99.5 cm³/mol. The third-order valence-electron chi connectivity index (χ3n) is 3.99. The molecule has 1 heterocycles. The number of H-pyrrole nitrogens is 1. The number of nitrogens with one attached hydrogen (secondary N) is 1. The number of methoxy groups -OCH3 is 4. The van der Waals surface area contributed by atoms with Crippen LogP contribution in [0.2, 0.25) is 0 Å². The van der Waals surface area contributed by atoms with E-state index >= 15 is 0 Å². The van der Waals surface area contributed by atoms with Gasteiger partial charge in [-0.25, -0.2) is 4.79 Å². The van der Waals surface area contributed by atoms with Gasteiger partial charge in [-0.3, -0.25) is 0 Å². The molecule has 0 amide bonds. The van der Waals surface area contributed by atoms with Gasteiger partial charge in [0.05, 0.1) is 28.4 Å². The lowest BCUT2D eigenvalue weighted by Crippen LogP contribution is -2.01. The monoisotopic (exact) mass is 371 g/mol. The average Bonchev–Trinajstić information content (AvgIpc) is 3.07. The third kappa shape index (κ3) is 3.73. The number of benzene rings is 1. The number of esters is 1. The van der Waals surface area contributed by atoms with Gasteiger partial charge in [0.25, 0.3) is 0 Å². The van der Waals surface area contributed by atoms with Gasteiger partial charge >= 0.3 is 5.97 Å². The largest absolute Gasteiger partial charge is 0.493 e. The van der Waals surface area contributed by atoms with E-state index in [9.17, 15) is 10.1 Å². The summed E-state index contributed by atoms with van der Waals surface area (Å²) in [5.41, 5.74) is 8.51. The molecule has 2 rings (SSSR count). The van der Waals surface area contributed by atoms with Gasteiger partial charge in [-0.1, -0.05) is 0 Å². The quantitative estimate of drug-likeness (QED) is 0.565. The van der Waals surface area contributed by atoms with Crippen molar-refractivity contribution >= 4 is 12.0 Å². The van der Waals surface area contributed by atoms with Crippen LogP contribution in [-0.4, -0.2) is 39.4 Å². The average molecular weight is 371 g/mol. The van der Waals surface area contributed by atoms with Gasteiger partial charge in [0.2, 0.25) is 5.75 Å². The summed E-state index contributed by atoms with van der Waals surface area (Å²) in [5.74, 6) is 0.778. The second-order valence-corrected chi connectivity index (χ2v) is 5.32. The first-order valence-electron chi connectivity index (χ1n) is 7.96. The van der Waals surface area contributed by atoms with Gasteiger partial charge in [0.1, 0.15) is 11.8 Å². The van der Waals surface area contributed by atoms with E-state index in [1.165, 1.54) is 40.6 Å². The number of ether oxygens (including phenoxy) is 4. The number of nitriles is 1. The van der Waals surface area contributed by atoms with Gasteiger partial charge < -0.3 is 29.7 Å². The number of carbonyl (C=O) groups excluding carboxylic acids is 1. The molecule has 8 nitrogen and oxygen atoms in total. The van der Waals surface area contributed by atoms with Crippen molar-refractivity contribution in [3.63, 3.8) is 0 Å². The molecule has 2 aromatic rings. The lowest BCUT2D eigenvalue weighted by molar-refractivity contribution is -0.134. The van der Waals surface area contributed by atoms with Gasteiger partial charge in [-0.2, -0.15) is 5.26 Å². The van der Waals surface area contributed by atoms with Crippen LogP contribution in [0, 0.1) is 11.3 Å². The third-order valence-corrected chi connectivity index (χ3v) is 3.99. The van der Waals surface area contributed by atoms with Crippen molar-refractivity contribution < 1.29 is 23.7 Å². The van der Waals surface area contributed by atoms with Crippen molar-refractivity contribution in [3.8, 4) is 34.4 Å². The maximum Gasteiger partial charge on any atom is 0.330 e. The predicted octanol–water partition coefficient (Wildman–Crippen LogP) is 2.22. The van der Waals surface area contributed by atoms with Gasteiger partial charge in [-0.05, 0) is 18.2 Å². The molecule has 8 heteroatoms. The zero-order valence-electron chi connectivity index (χ0n) is 15.6. The Bertz CT molecular complexity index is 909. The van der Waals surface area contributed by atoms with Gasteiger partial charge in [0.15, 0.2) is 11.5 Å². The first kappa shape index (κ1) is 19.9. The fraction of sp³-hybridized carbons (Fsp3) is 0.263. The van der Waals surface area contributed by atoms with Crippen molar-refractivity contribution in [2.45, 2.75) is 6.54 Å². The highest BCUT2D eigenvalue weighted by Crippen LogP contribution is 2.46. The molecule has 1 aromatic carbocycles. The summed E-state index contributed by atoms with van der Waals surface area (Å²) in [6.45, 7) is 0.146. The summed E-state index contributed by atoms with van der Waals surface area (Å²) in [6, 6.07) is 5.58.